The van der Waals surface area contributed by atoms with Gasteiger partial charge in [0.05, 0.1) is 28.3 Å². The van der Waals surface area contributed by atoms with E-state index >= 15 is 0 Å². The van der Waals surface area contributed by atoms with Crippen molar-refractivity contribution >= 4 is 22.9 Å². The predicted molar refractivity (Wildman–Crippen MR) is 91.1 cm³/mol. The number of nitriles is 1. The Morgan fingerprint density at radius 3 is 3.12 bits per heavy atom. The topological polar surface area (TPSA) is 75.8 Å². The molecule has 1 N–H and O–H groups in total. The van der Waals surface area contributed by atoms with E-state index in [2.05, 4.69) is 15.6 Å². The highest BCUT2D eigenvalue weighted by Crippen LogP contribution is 2.54. The monoisotopic (exact) mass is 399 g/mol. The zero-order valence-corrected chi connectivity index (χ0v) is 15.4. The summed E-state index contributed by atoms with van der Waals surface area (Å²) in [5, 5.41) is 20.3. The van der Waals surface area contributed by atoms with Gasteiger partial charge in [-0.15, -0.1) is 16.4 Å². The summed E-state index contributed by atoms with van der Waals surface area (Å²) >= 11 is 7.22. The van der Waals surface area contributed by atoms with Crippen LogP contribution in [-0.2, 0) is 22.8 Å². The van der Waals surface area contributed by atoms with Crippen LogP contribution in [0.3, 0.4) is 0 Å². The average molecular weight is 400 g/mol. The van der Waals surface area contributed by atoms with Crippen molar-refractivity contribution in [3.63, 3.8) is 0 Å². The first-order valence-electron chi connectivity index (χ1n) is 8.18. The summed E-state index contributed by atoms with van der Waals surface area (Å²) in [6.07, 6.45) is 2.71. The number of alkyl halides is 2. The maximum Gasteiger partial charge on any atom is 0.297 e. The van der Waals surface area contributed by atoms with Gasteiger partial charge in [0.1, 0.15) is 18.8 Å². The van der Waals surface area contributed by atoms with Crippen molar-refractivity contribution in [1.82, 2.24) is 20.3 Å². The minimum Gasteiger partial charge on any atom is -0.363 e. The second-order valence-corrected chi connectivity index (χ2v) is 8.49. The molecule has 2 aliphatic heterocycles. The van der Waals surface area contributed by atoms with Crippen LogP contribution in [0.1, 0.15) is 41.9 Å². The maximum atomic E-state index is 14.3. The molecule has 4 heterocycles. The zero-order valence-electron chi connectivity index (χ0n) is 13.9. The molecule has 1 saturated heterocycles. The summed E-state index contributed by atoms with van der Waals surface area (Å²) in [4.78, 5) is 0.501. The van der Waals surface area contributed by atoms with E-state index in [0.717, 1.165) is 11.3 Å². The van der Waals surface area contributed by atoms with Gasteiger partial charge in [-0.3, -0.25) is 0 Å². The Kier molecular flexibility index (Phi) is 4.27. The number of nitrogens with zero attached hydrogens (tertiary/aromatic N) is 4. The molecule has 2 aromatic rings. The van der Waals surface area contributed by atoms with Crippen molar-refractivity contribution in [2.24, 2.45) is 0 Å². The highest BCUT2D eigenvalue weighted by Gasteiger charge is 2.53. The summed E-state index contributed by atoms with van der Waals surface area (Å²) in [5.74, 6) is -3.04. The highest BCUT2D eigenvalue weighted by atomic mass is 35.5. The van der Waals surface area contributed by atoms with E-state index < -0.39 is 18.1 Å². The molecule has 0 aromatic carbocycles. The number of aromatic nitrogens is 3. The van der Waals surface area contributed by atoms with Gasteiger partial charge in [0, 0.05) is 22.9 Å². The number of fused-ring (bicyclic) bond motifs is 2. The summed E-state index contributed by atoms with van der Waals surface area (Å²) in [7, 11) is 0. The SMILES string of the molecule is C[C@H]1C[C@@]2(C[C@@H](c3cn(CC#N)nn3)N1)OCC(F)(F)c1cc(Cl)sc12. The third-order valence-electron chi connectivity index (χ3n) is 4.84. The molecule has 0 aliphatic carbocycles. The standard InChI is InChI=1S/C16H16ClF2N5OS/c1-9-5-15(6-11(21-9)12-7-24(3-2-20)23-22-12)14-10(4-13(17)26-14)16(18,19)8-25-15/h4,7,9,11,21H,3,5-6,8H2,1H3/t9-,11-,15-/m0/s1. The van der Waals surface area contributed by atoms with E-state index in [-0.39, 0.29) is 24.2 Å². The van der Waals surface area contributed by atoms with Gasteiger partial charge in [0.15, 0.2) is 0 Å². The molecule has 2 aliphatic rings. The van der Waals surface area contributed by atoms with Crippen molar-refractivity contribution in [1.29, 1.82) is 5.26 Å². The van der Waals surface area contributed by atoms with Crippen LogP contribution >= 0.6 is 22.9 Å². The summed E-state index contributed by atoms with van der Waals surface area (Å²) in [6.45, 7) is 1.43. The number of hydrogen-bond donors (Lipinski definition) is 1. The lowest BCUT2D eigenvalue weighted by molar-refractivity contribution is -0.183. The van der Waals surface area contributed by atoms with Crippen LogP contribution in [-0.4, -0.2) is 27.6 Å². The quantitative estimate of drug-likeness (QED) is 0.838. The van der Waals surface area contributed by atoms with Crippen molar-refractivity contribution in [3.05, 3.63) is 32.7 Å². The van der Waals surface area contributed by atoms with Crippen molar-refractivity contribution in [2.75, 3.05) is 6.61 Å². The Balaban J connectivity index is 1.71. The largest absolute Gasteiger partial charge is 0.363 e. The number of rotatable bonds is 2. The molecule has 138 valence electrons. The normalized spacial score (nSPS) is 30.1. The van der Waals surface area contributed by atoms with Crippen LogP contribution in [0.5, 0.6) is 0 Å². The summed E-state index contributed by atoms with van der Waals surface area (Å²) in [5.41, 5.74) is -0.195. The third kappa shape index (κ3) is 2.91. The van der Waals surface area contributed by atoms with E-state index in [0.29, 0.717) is 27.7 Å². The third-order valence-corrected chi connectivity index (χ3v) is 6.29. The Morgan fingerprint density at radius 1 is 1.54 bits per heavy atom. The van der Waals surface area contributed by atoms with Gasteiger partial charge >= 0.3 is 0 Å². The Morgan fingerprint density at radius 2 is 2.35 bits per heavy atom. The molecule has 1 spiro atoms. The second kappa shape index (κ2) is 6.23. The number of thiophene rings is 1. The first-order chi connectivity index (χ1) is 12.3. The van der Waals surface area contributed by atoms with Gasteiger partial charge < -0.3 is 10.1 Å². The van der Waals surface area contributed by atoms with Crippen molar-refractivity contribution in [2.45, 2.75) is 49.9 Å². The van der Waals surface area contributed by atoms with Crippen LogP contribution in [0.4, 0.5) is 8.78 Å². The maximum absolute atomic E-state index is 14.3. The average Bonchev–Trinajstić information content (AvgIpc) is 3.20. The molecule has 2 aromatic heterocycles. The van der Waals surface area contributed by atoms with Gasteiger partial charge in [-0.05, 0) is 19.4 Å². The summed E-state index contributed by atoms with van der Waals surface area (Å²) in [6, 6.07) is 3.17. The molecule has 26 heavy (non-hydrogen) atoms. The number of hydrogen-bond acceptors (Lipinski definition) is 6. The van der Waals surface area contributed by atoms with Crippen LogP contribution in [0.15, 0.2) is 12.3 Å². The molecule has 3 atom stereocenters. The fourth-order valence-corrected chi connectivity index (χ4v) is 5.27. The molecule has 0 unspecified atom stereocenters. The second-order valence-electron chi connectivity index (χ2n) is 6.81. The number of nitrogens with one attached hydrogen (secondary N) is 1. The fraction of sp³-hybridized carbons (Fsp3) is 0.562. The molecule has 10 heteroatoms. The lowest BCUT2D eigenvalue weighted by Crippen LogP contribution is -2.51. The molecular formula is C16H16ClF2N5OS. The molecule has 6 nitrogen and oxygen atoms in total. The molecule has 0 radical (unpaired) electrons. The van der Waals surface area contributed by atoms with Gasteiger partial charge in [0.25, 0.3) is 5.92 Å². The number of ether oxygens (including phenoxy) is 1. The Labute approximate surface area is 157 Å². The van der Waals surface area contributed by atoms with Crippen LogP contribution in [0.2, 0.25) is 4.34 Å². The van der Waals surface area contributed by atoms with Crippen molar-refractivity contribution in [3.8, 4) is 6.07 Å². The zero-order chi connectivity index (χ0) is 18.5. The first-order valence-corrected chi connectivity index (χ1v) is 9.37. The van der Waals surface area contributed by atoms with E-state index in [1.54, 1.807) is 6.20 Å². The lowest BCUT2D eigenvalue weighted by Gasteiger charge is -2.47. The molecule has 0 amide bonds. The van der Waals surface area contributed by atoms with Gasteiger partial charge in [0.2, 0.25) is 0 Å². The molecule has 4 rings (SSSR count). The van der Waals surface area contributed by atoms with Crippen LogP contribution < -0.4 is 5.32 Å². The minimum absolute atomic E-state index is 0.0234. The molecule has 1 fully saturated rings. The molecular weight excluding hydrogens is 384 g/mol. The van der Waals surface area contributed by atoms with E-state index in [1.807, 2.05) is 13.0 Å². The van der Waals surface area contributed by atoms with E-state index in [1.165, 1.54) is 10.7 Å². The van der Waals surface area contributed by atoms with E-state index in [4.69, 9.17) is 21.6 Å². The minimum atomic E-state index is -3.04. The van der Waals surface area contributed by atoms with Crippen molar-refractivity contribution < 1.29 is 13.5 Å². The smallest absolute Gasteiger partial charge is 0.297 e. The molecule has 0 bridgehead atoms. The number of piperidine rings is 1. The van der Waals surface area contributed by atoms with Gasteiger partial charge in [-0.2, -0.15) is 14.0 Å². The Bertz CT molecular complexity index is 878. The summed E-state index contributed by atoms with van der Waals surface area (Å²) < 4.78 is 36.2. The van der Waals surface area contributed by atoms with Crippen LogP contribution in [0.25, 0.3) is 0 Å². The lowest BCUT2D eigenvalue weighted by atomic mass is 9.78. The fourth-order valence-electron chi connectivity index (χ4n) is 3.83. The highest BCUT2D eigenvalue weighted by molar-refractivity contribution is 7.16. The van der Waals surface area contributed by atoms with Gasteiger partial charge in [-0.1, -0.05) is 16.8 Å². The predicted octanol–water partition coefficient (Wildman–Crippen LogP) is 3.35. The number of halogens is 3. The van der Waals surface area contributed by atoms with Crippen LogP contribution in [0, 0.1) is 11.3 Å². The van der Waals surface area contributed by atoms with E-state index in [9.17, 15) is 8.78 Å². The Hall–Kier alpha value is -1.60. The van der Waals surface area contributed by atoms with Gasteiger partial charge in [-0.25, -0.2) is 4.68 Å². The molecule has 0 saturated carbocycles. The first kappa shape index (κ1) is 17.8.